The number of halogens is 2. The summed E-state index contributed by atoms with van der Waals surface area (Å²) < 4.78 is 12.9. The molecule has 1 aromatic carbocycles. The predicted octanol–water partition coefficient (Wildman–Crippen LogP) is 3.30. The maximum atomic E-state index is 12.9. The lowest BCUT2D eigenvalue weighted by Crippen LogP contribution is -2.22. The molecule has 0 saturated heterocycles. The van der Waals surface area contributed by atoms with Crippen LogP contribution in [0.25, 0.3) is 0 Å². The Bertz CT molecular complexity index is 499. The smallest absolute Gasteiger partial charge is 0.151 e. The molecule has 94 valence electrons. The minimum absolute atomic E-state index is 0.235. The molecule has 0 radical (unpaired) electrons. The molecule has 0 saturated carbocycles. The molecular formula is C13H13ClFN3. The Morgan fingerprint density at radius 2 is 1.83 bits per heavy atom. The van der Waals surface area contributed by atoms with Crippen molar-refractivity contribution in [1.82, 2.24) is 10.2 Å². The Balaban J connectivity index is 2.14. The van der Waals surface area contributed by atoms with Gasteiger partial charge in [0, 0.05) is 12.2 Å². The van der Waals surface area contributed by atoms with Gasteiger partial charge < -0.3 is 4.90 Å². The highest BCUT2D eigenvalue weighted by Crippen LogP contribution is 2.17. The van der Waals surface area contributed by atoms with E-state index >= 15 is 0 Å². The third-order valence-corrected chi connectivity index (χ3v) is 2.82. The lowest BCUT2D eigenvalue weighted by atomic mass is 10.2. The van der Waals surface area contributed by atoms with E-state index in [1.165, 1.54) is 12.1 Å². The van der Waals surface area contributed by atoms with E-state index in [9.17, 15) is 4.39 Å². The highest BCUT2D eigenvalue weighted by Gasteiger charge is 2.06. The van der Waals surface area contributed by atoms with Crippen molar-refractivity contribution in [3.05, 3.63) is 53.1 Å². The lowest BCUT2D eigenvalue weighted by molar-refractivity contribution is 0.627. The van der Waals surface area contributed by atoms with Crippen LogP contribution in [0.4, 0.5) is 10.1 Å². The van der Waals surface area contributed by atoms with Crippen LogP contribution in [0.5, 0.6) is 0 Å². The van der Waals surface area contributed by atoms with Crippen LogP contribution >= 0.6 is 11.6 Å². The summed E-state index contributed by atoms with van der Waals surface area (Å²) >= 11 is 5.69. The number of anilines is 1. The normalized spacial score (nSPS) is 10.4. The largest absolute Gasteiger partial charge is 0.366 e. The van der Waals surface area contributed by atoms with Gasteiger partial charge >= 0.3 is 0 Å². The van der Waals surface area contributed by atoms with Gasteiger partial charge in [-0.25, -0.2) is 4.39 Å². The summed E-state index contributed by atoms with van der Waals surface area (Å²) in [7, 11) is 0. The van der Waals surface area contributed by atoms with Gasteiger partial charge in [0.1, 0.15) is 5.82 Å². The number of hydrogen-bond donors (Lipinski definition) is 0. The molecule has 0 aliphatic heterocycles. The molecular weight excluding hydrogens is 253 g/mol. The first-order valence-corrected chi connectivity index (χ1v) is 6.05. The summed E-state index contributed by atoms with van der Waals surface area (Å²) in [5.41, 5.74) is 1.78. The van der Waals surface area contributed by atoms with Gasteiger partial charge in [0.05, 0.1) is 12.2 Å². The van der Waals surface area contributed by atoms with Crippen LogP contribution in [0, 0.1) is 5.82 Å². The number of nitrogens with zero attached hydrogens (tertiary/aromatic N) is 3. The summed E-state index contributed by atoms with van der Waals surface area (Å²) in [6.45, 7) is 3.45. The van der Waals surface area contributed by atoms with Crippen molar-refractivity contribution in [3.8, 4) is 0 Å². The minimum Gasteiger partial charge on any atom is -0.366 e. The Morgan fingerprint density at radius 1 is 1.11 bits per heavy atom. The summed E-state index contributed by atoms with van der Waals surface area (Å²) in [6.07, 6.45) is 0. The Labute approximate surface area is 110 Å². The van der Waals surface area contributed by atoms with Crippen LogP contribution in [0.2, 0.25) is 5.15 Å². The third-order valence-electron chi connectivity index (χ3n) is 2.61. The Kier molecular flexibility index (Phi) is 4.10. The molecule has 2 aromatic rings. The van der Waals surface area contributed by atoms with Gasteiger partial charge in [0.25, 0.3) is 0 Å². The van der Waals surface area contributed by atoms with Crippen LogP contribution < -0.4 is 4.90 Å². The van der Waals surface area contributed by atoms with Gasteiger partial charge in [-0.3, -0.25) is 0 Å². The van der Waals surface area contributed by atoms with Crippen molar-refractivity contribution in [2.45, 2.75) is 13.5 Å². The summed E-state index contributed by atoms with van der Waals surface area (Å²) in [6, 6.07) is 9.95. The molecule has 0 aliphatic rings. The molecule has 0 bridgehead atoms. The topological polar surface area (TPSA) is 29.0 Å². The Morgan fingerprint density at radius 3 is 2.39 bits per heavy atom. The Hall–Kier alpha value is -1.68. The maximum Gasteiger partial charge on any atom is 0.151 e. The third kappa shape index (κ3) is 3.17. The van der Waals surface area contributed by atoms with Crippen LogP contribution in [-0.4, -0.2) is 16.7 Å². The zero-order chi connectivity index (χ0) is 13.0. The second kappa shape index (κ2) is 5.78. The quantitative estimate of drug-likeness (QED) is 0.849. The molecule has 2 rings (SSSR count). The monoisotopic (exact) mass is 265 g/mol. The van der Waals surface area contributed by atoms with Crippen molar-refractivity contribution in [1.29, 1.82) is 0 Å². The first-order chi connectivity index (χ1) is 8.69. The first kappa shape index (κ1) is 12.8. The van der Waals surface area contributed by atoms with Gasteiger partial charge in [-0.05, 0) is 43.3 Å². The number of benzene rings is 1. The fourth-order valence-corrected chi connectivity index (χ4v) is 1.76. The van der Waals surface area contributed by atoms with E-state index in [1.54, 1.807) is 18.2 Å². The highest BCUT2D eigenvalue weighted by atomic mass is 35.5. The van der Waals surface area contributed by atoms with Crippen LogP contribution in [0.1, 0.15) is 12.6 Å². The zero-order valence-corrected chi connectivity index (χ0v) is 10.7. The van der Waals surface area contributed by atoms with Gasteiger partial charge in [-0.2, -0.15) is 5.10 Å². The average molecular weight is 266 g/mol. The number of hydrogen-bond acceptors (Lipinski definition) is 3. The van der Waals surface area contributed by atoms with E-state index in [-0.39, 0.29) is 5.82 Å². The van der Waals surface area contributed by atoms with E-state index in [0.29, 0.717) is 11.7 Å². The second-order valence-electron chi connectivity index (χ2n) is 3.84. The van der Waals surface area contributed by atoms with E-state index in [2.05, 4.69) is 15.1 Å². The molecule has 3 nitrogen and oxygen atoms in total. The van der Waals surface area contributed by atoms with Crippen LogP contribution in [0.3, 0.4) is 0 Å². The lowest BCUT2D eigenvalue weighted by Gasteiger charge is -2.22. The zero-order valence-electron chi connectivity index (χ0n) is 9.98. The van der Waals surface area contributed by atoms with Crippen molar-refractivity contribution in [2.24, 2.45) is 0 Å². The van der Waals surface area contributed by atoms with Gasteiger partial charge in [0.2, 0.25) is 0 Å². The van der Waals surface area contributed by atoms with Crippen LogP contribution in [0.15, 0.2) is 36.4 Å². The van der Waals surface area contributed by atoms with Crippen molar-refractivity contribution in [2.75, 3.05) is 11.4 Å². The number of rotatable bonds is 4. The van der Waals surface area contributed by atoms with Crippen molar-refractivity contribution < 1.29 is 4.39 Å². The van der Waals surface area contributed by atoms with E-state index < -0.39 is 0 Å². The molecule has 0 spiro atoms. The molecule has 0 atom stereocenters. The predicted molar refractivity (Wildman–Crippen MR) is 70.2 cm³/mol. The van der Waals surface area contributed by atoms with Gasteiger partial charge in [0.15, 0.2) is 5.15 Å². The fraction of sp³-hybridized carbons (Fsp3) is 0.231. The molecule has 0 amide bonds. The van der Waals surface area contributed by atoms with Crippen molar-refractivity contribution >= 4 is 17.3 Å². The standard InChI is InChI=1S/C13H13ClFN3/c1-2-18(12-6-3-10(15)4-7-12)9-11-5-8-13(14)17-16-11/h3-8H,2,9H2,1H3. The SMILES string of the molecule is CCN(Cc1ccc(Cl)nn1)c1ccc(F)cc1. The summed E-state index contributed by atoms with van der Waals surface area (Å²) in [5.74, 6) is -0.235. The second-order valence-corrected chi connectivity index (χ2v) is 4.23. The van der Waals surface area contributed by atoms with E-state index in [4.69, 9.17) is 11.6 Å². The molecule has 5 heteroatoms. The minimum atomic E-state index is -0.235. The van der Waals surface area contributed by atoms with Crippen molar-refractivity contribution in [3.63, 3.8) is 0 Å². The fourth-order valence-electron chi connectivity index (χ4n) is 1.66. The molecule has 0 fully saturated rings. The molecule has 0 aliphatic carbocycles. The molecule has 0 unspecified atom stereocenters. The number of aromatic nitrogens is 2. The summed E-state index contributed by atoms with van der Waals surface area (Å²) in [4.78, 5) is 2.08. The van der Waals surface area contributed by atoms with Gasteiger partial charge in [-0.15, -0.1) is 5.10 Å². The molecule has 0 N–H and O–H groups in total. The van der Waals surface area contributed by atoms with Crippen LogP contribution in [-0.2, 0) is 6.54 Å². The van der Waals surface area contributed by atoms with Gasteiger partial charge in [-0.1, -0.05) is 11.6 Å². The molecule has 1 aromatic heterocycles. The summed E-state index contributed by atoms with van der Waals surface area (Å²) in [5, 5.41) is 8.19. The first-order valence-electron chi connectivity index (χ1n) is 5.67. The van der Waals surface area contributed by atoms with E-state index in [0.717, 1.165) is 17.9 Å². The molecule has 18 heavy (non-hydrogen) atoms. The highest BCUT2D eigenvalue weighted by molar-refractivity contribution is 6.29. The maximum absolute atomic E-state index is 12.9. The average Bonchev–Trinajstić information content (AvgIpc) is 2.39. The molecule has 1 heterocycles. The van der Waals surface area contributed by atoms with E-state index in [1.807, 2.05) is 13.0 Å².